The van der Waals surface area contributed by atoms with E-state index in [-0.39, 0.29) is 58.5 Å². The van der Waals surface area contributed by atoms with E-state index in [1.54, 1.807) is 11.4 Å². The molecule has 1 aromatic heterocycles. The zero-order chi connectivity index (χ0) is 19.8. The Morgan fingerprint density at radius 2 is 2.00 bits per heavy atom. The van der Waals surface area contributed by atoms with Gasteiger partial charge in [0.15, 0.2) is 15.8 Å². The summed E-state index contributed by atoms with van der Waals surface area (Å²) in [7, 11) is -3.52. The first kappa shape index (κ1) is 26.1. The number of aliphatic hydroxyl groups excluding tert-OH is 1. The van der Waals surface area contributed by atoms with Crippen molar-refractivity contribution in [3.8, 4) is 0 Å². The zero-order valence-electron chi connectivity index (χ0n) is 16.0. The number of nitrogens with one attached hydrogen (secondary N) is 3. The molecule has 1 rings (SSSR count). The van der Waals surface area contributed by atoms with E-state index in [1.165, 1.54) is 6.07 Å². The van der Waals surface area contributed by atoms with Crippen molar-refractivity contribution in [2.75, 3.05) is 25.4 Å². The number of carbonyl (C=O) groups excluding carboxylic acids is 1. The summed E-state index contributed by atoms with van der Waals surface area (Å²) in [4.78, 5) is 16.0. The van der Waals surface area contributed by atoms with Crippen molar-refractivity contribution in [1.29, 1.82) is 0 Å². The topological polar surface area (TPSA) is 120 Å². The van der Waals surface area contributed by atoms with Gasteiger partial charge in [-0.1, -0.05) is 6.07 Å². The quantitative estimate of drug-likeness (QED) is 0.225. The number of nitrogens with zero attached hydrogens (tertiary/aromatic N) is 1. The molecule has 11 heteroatoms. The molecular formula is C16H29IN4O4S2. The summed E-state index contributed by atoms with van der Waals surface area (Å²) in [5.41, 5.74) is -0.343. The molecule has 0 aliphatic rings. The molecule has 4 N–H and O–H groups in total. The molecule has 0 aliphatic carbocycles. The fourth-order valence-electron chi connectivity index (χ4n) is 2.00. The van der Waals surface area contributed by atoms with Crippen LogP contribution in [0.15, 0.2) is 26.7 Å². The molecule has 0 bridgehead atoms. The molecular weight excluding hydrogens is 503 g/mol. The molecule has 1 atom stereocenters. The predicted molar refractivity (Wildman–Crippen MR) is 120 cm³/mol. The molecule has 0 aliphatic heterocycles. The van der Waals surface area contributed by atoms with Crippen LogP contribution < -0.4 is 16.0 Å². The Balaban J connectivity index is 0.00000676. The third kappa shape index (κ3) is 10.9. The van der Waals surface area contributed by atoms with Crippen molar-refractivity contribution in [2.45, 2.75) is 43.5 Å². The fraction of sp³-hybridized carbons (Fsp3) is 0.625. The Bertz CT molecular complexity index is 701. The summed E-state index contributed by atoms with van der Waals surface area (Å²) in [5.74, 6) is -0.274. The lowest BCUT2D eigenvalue weighted by Crippen LogP contribution is -2.45. The largest absolute Gasteiger partial charge is 0.390 e. The normalized spacial score (nSPS) is 13.4. The second-order valence-electron chi connectivity index (χ2n) is 6.74. The molecule has 1 heterocycles. The Morgan fingerprint density at radius 1 is 1.33 bits per heavy atom. The van der Waals surface area contributed by atoms with Crippen molar-refractivity contribution in [2.24, 2.45) is 4.99 Å². The maximum absolute atomic E-state index is 12.1. The maximum atomic E-state index is 12.1. The average Bonchev–Trinajstić information content (AvgIpc) is 3.03. The number of rotatable bonds is 8. The van der Waals surface area contributed by atoms with Crippen molar-refractivity contribution in [3.63, 3.8) is 0 Å². The van der Waals surface area contributed by atoms with Gasteiger partial charge in [0.05, 0.1) is 11.9 Å². The molecule has 0 radical (unpaired) electrons. The summed E-state index contributed by atoms with van der Waals surface area (Å²) in [6.07, 6.45) is -1.10. The number of halogens is 1. The zero-order valence-corrected chi connectivity index (χ0v) is 19.9. The Kier molecular flexibility index (Phi) is 11.4. The van der Waals surface area contributed by atoms with Gasteiger partial charge < -0.3 is 21.1 Å². The standard InChI is InChI=1S/C16H28N4O4S2.HI/c1-5-17-15(19-10-13(22)20-16(2,3)4)18-9-12(21)11-26(23,24)14-7-6-8-25-14;/h6-8,12,21H,5,9-11H2,1-4H3,(H,20,22)(H2,17,18,19);1H. The summed E-state index contributed by atoms with van der Waals surface area (Å²) < 4.78 is 24.5. The van der Waals surface area contributed by atoms with E-state index in [2.05, 4.69) is 20.9 Å². The van der Waals surface area contributed by atoms with E-state index in [0.717, 1.165) is 11.3 Å². The van der Waals surface area contributed by atoms with Gasteiger partial charge >= 0.3 is 0 Å². The van der Waals surface area contributed by atoms with Crippen LogP contribution in [0, 0.1) is 0 Å². The Labute approximate surface area is 182 Å². The van der Waals surface area contributed by atoms with Crippen LogP contribution in [0.5, 0.6) is 0 Å². The van der Waals surface area contributed by atoms with Crippen molar-refractivity contribution < 1.29 is 18.3 Å². The molecule has 156 valence electrons. The van der Waals surface area contributed by atoms with Gasteiger partial charge in [-0.05, 0) is 39.1 Å². The van der Waals surface area contributed by atoms with Crippen LogP contribution in [0.2, 0.25) is 0 Å². The lowest BCUT2D eigenvalue weighted by atomic mass is 10.1. The molecule has 0 aromatic carbocycles. The van der Waals surface area contributed by atoms with E-state index < -0.39 is 15.9 Å². The van der Waals surface area contributed by atoms with Crippen LogP contribution in [0.25, 0.3) is 0 Å². The molecule has 1 amide bonds. The number of sulfone groups is 1. The van der Waals surface area contributed by atoms with Crippen molar-refractivity contribution in [3.05, 3.63) is 17.5 Å². The summed E-state index contributed by atoms with van der Waals surface area (Å²) in [6.45, 7) is 7.99. The molecule has 0 spiro atoms. The third-order valence-corrected chi connectivity index (χ3v) is 6.24. The van der Waals surface area contributed by atoms with Gasteiger partial charge in [0.2, 0.25) is 5.91 Å². The van der Waals surface area contributed by atoms with Gasteiger partial charge in [0.1, 0.15) is 10.8 Å². The fourth-order valence-corrected chi connectivity index (χ4v) is 4.48. The number of guanidine groups is 1. The van der Waals surface area contributed by atoms with Crippen molar-refractivity contribution >= 4 is 57.0 Å². The van der Waals surface area contributed by atoms with E-state index >= 15 is 0 Å². The Hall–Kier alpha value is -0.920. The molecule has 0 saturated heterocycles. The van der Waals surface area contributed by atoms with E-state index in [0.29, 0.717) is 12.5 Å². The first-order valence-corrected chi connectivity index (χ1v) is 10.8. The monoisotopic (exact) mass is 532 g/mol. The number of hydrogen-bond donors (Lipinski definition) is 4. The van der Waals surface area contributed by atoms with Crippen LogP contribution in [-0.4, -0.2) is 62.4 Å². The first-order valence-electron chi connectivity index (χ1n) is 8.31. The minimum absolute atomic E-state index is 0. The Morgan fingerprint density at radius 3 is 2.52 bits per heavy atom. The van der Waals surface area contributed by atoms with Gasteiger partial charge in [0, 0.05) is 18.6 Å². The van der Waals surface area contributed by atoms with Gasteiger partial charge in [-0.25, -0.2) is 13.4 Å². The van der Waals surface area contributed by atoms with Crippen LogP contribution in [0.3, 0.4) is 0 Å². The highest BCUT2D eigenvalue weighted by atomic mass is 127. The smallest absolute Gasteiger partial charge is 0.242 e. The second kappa shape index (κ2) is 11.8. The second-order valence-corrected chi connectivity index (χ2v) is 9.95. The van der Waals surface area contributed by atoms with Crippen molar-refractivity contribution in [1.82, 2.24) is 16.0 Å². The number of carbonyl (C=O) groups is 1. The van der Waals surface area contributed by atoms with Gasteiger partial charge in [0.25, 0.3) is 0 Å². The lowest BCUT2D eigenvalue weighted by Gasteiger charge is -2.20. The molecule has 27 heavy (non-hydrogen) atoms. The first-order chi connectivity index (χ1) is 12.0. The maximum Gasteiger partial charge on any atom is 0.242 e. The highest BCUT2D eigenvalue weighted by Gasteiger charge is 2.21. The van der Waals surface area contributed by atoms with Crippen LogP contribution in [0.1, 0.15) is 27.7 Å². The number of thiophene rings is 1. The number of amides is 1. The number of hydrogen-bond acceptors (Lipinski definition) is 6. The van der Waals surface area contributed by atoms with E-state index in [1.807, 2.05) is 27.7 Å². The molecule has 8 nitrogen and oxygen atoms in total. The highest BCUT2D eigenvalue weighted by Crippen LogP contribution is 2.17. The third-order valence-electron chi connectivity index (χ3n) is 2.96. The molecule has 1 unspecified atom stereocenters. The summed E-state index contributed by atoms with van der Waals surface area (Å²) in [6, 6.07) is 3.17. The average molecular weight is 532 g/mol. The number of aliphatic imine (C=N–C) groups is 1. The summed E-state index contributed by atoms with van der Waals surface area (Å²) in [5, 5.41) is 20.3. The van der Waals surface area contributed by atoms with Crippen LogP contribution in [-0.2, 0) is 14.6 Å². The predicted octanol–water partition coefficient (Wildman–Crippen LogP) is 0.970. The SMILES string of the molecule is CCNC(=NCC(=O)NC(C)(C)C)NCC(O)CS(=O)(=O)c1cccs1.I. The minimum Gasteiger partial charge on any atom is -0.390 e. The molecule has 0 saturated carbocycles. The van der Waals surface area contributed by atoms with E-state index in [4.69, 9.17) is 0 Å². The van der Waals surface area contributed by atoms with Gasteiger partial charge in [-0.2, -0.15) is 0 Å². The van der Waals surface area contributed by atoms with Crippen LogP contribution in [0.4, 0.5) is 0 Å². The van der Waals surface area contributed by atoms with E-state index in [9.17, 15) is 18.3 Å². The highest BCUT2D eigenvalue weighted by molar-refractivity contribution is 14.0. The van der Waals surface area contributed by atoms with Gasteiger partial charge in [-0.3, -0.25) is 4.79 Å². The minimum atomic E-state index is -3.52. The number of aliphatic hydroxyl groups is 1. The molecule has 0 fully saturated rings. The van der Waals surface area contributed by atoms with Crippen LogP contribution >= 0.6 is 35.3 Å². The van der Waals surface area contributed by atoms with Gasteiger partial charge in [-0.15, -0.1) is 35.3 Å². The summed E-state index contributed by atoms with van der Waals surface area (Å²) >= 11 is 1.12. The lowest BCUT2D eigenvalue weighted by molar-refractivity contribution is -0.121. The molecule has 1 aromatic rings.